The molecule has 4 aromatic rings. The van der Waals surface area contributed by atoms with E-state index in [0.29, 0.717) is 17.5 Å². The molecule has 186 valence electrons. The third kappa shape index (κ3) is 5.99. The zero-order valence-corrected chi connectivity index (χ0v) is 23.0. The van der Waals surface area contributed by atoms with Gasteiger partial charge in [-0.3, -0.25) is 9.36 Å². The lowest BCUT2D eigenvalue weighted by molar-refractivity contribution is -0.113. The van der Waals surface area contributed by atoms with Crippen LogP contribution in [0.3, 0.4) is 0 Å². The van der Waals surface area contributed by atoms with Gasteiger partial charge in [0.15, 0.2) is 11.0 Å². The number of hydrogen-bond acceptors (Lipinski definition) is 5. The fourth-order valence-corrected chi connectivity index (χ4v) is 5.14. The fraction of sp³-hybridized carbons (Fsp3) is 0.250. The Morgan fingerprint density at radius 2 is 2.00 bits per heavy atom. The van der Waals surface area contributed by atoms with Gasteiger partial charge in [0, 0.05) is 16.7 Å². The van der Waals surface area contributed by atoms with Crippen molar-refractivity contribution < 1.29 is 9.53 Å². The topological polar surface area (TPSA) is 69.0 Å². The molecule has 0 aliphatic heterocycles. The number of carbonyl (C=O) groups is 1. The van der Waals surface area contributed by atoms with Crippen LogP contribution < -0.4 is 10.1 Å². The van der Waals surface area contributed by atoms with E-state index >= 15 is 0 Å². The van der Waals surface area contributed by atoms with Crippen molar-refractivity contribution in [3.05, 3.63) is 88.7 Å². The summed E-state index contributed by atoms with van der Waals surface area (Å²) in [7, 11) is 0. The molecule has 1 heterocycles. The van der Waals surface area contributed by atoms with Gasteiger partial charge >= 0.3 is 0 Å². The van der Waals surface area contributed by atoms with Gasteiger partial charge in [-0.15, -0.1) is 16.8 Å². The number of benzene rings is 3. The molecule has 6 nitrogen and oxygen atoms in total. The number of aryl methyl sites for hydroxylation is 1. The Balaban J connectivity index is 1.43. The normalized spacial score (nSPS) is 11.1. The number of thioether (sulfide) groups is 1. The molecule has 4 rings (SSSR count). The number of carbonyl (C=O) groups excluding carboxylic acids is 1. The Morgan fingerprint density at radius 1 is 1.19 bits per heavy atom. The summed E-state index contributed by atoms with van der Waals surface area (Å²) < 4.78 is 9.05. The summed E-state index contributed by atoms with van der Waals surface area (Å²) in [6, 6.07) is 18.2. The van der Waals surface area contributed by atoms with Crippen LogP contribution in [-0.2, 0) is 17.9 Å². The smallest absolute Gasteiger partial charge is 0.234 e. The highest BCUT2D eigenvalue weighted by Crippen LogP contribution is 2.29. The molecule has 0 spiro atoms. The lowest BCUT2D eigenvalue weighted by atomic mass is 10.0. The first-order valence-electron chi connectivity index (χ1n) is 11.7. The van der Waals surface area contributed by atoms with Crippen LogP contribution in [0, 0.1) is 6.92 Å². The van der Waals surface area contributed by atoms with Crippen LogP contribution in [0.2, 0.25) is 0 Å². The summed E-state index contributed by atoms with van der Waals surface area (Å²) in [5, 5.41) is 14.7. The average Bonchev–Trinajstić information content (AvgIpc) is 3.25. The van der Waals surface area contributed by atoms with Crippen molar-refractivity contribution >= 4 is 50.1 Å². The second-order valence-corrected chi connectivity index (χ2v) is 10.6. The highest BCUT2D eigenvalue weighted by Gasteiger charge is 2.16. The zero-order chi connectivity index (χ0) is 25.7. The summed E-state index contributed by atoms with van der Waals surface area (Å²) in [4.78, 5) is 12.7. The molecule has 1 amide bonds. The summed E-state index contributed by atoms with van der Waals surface area (Å²) in [5.74, 6) is 1.90. The number of nitrogens with one attached hydrogen (secondary N) is 1. The third-order valence-electron chi connectivity index (χ3n) is 5.85. The molecule has 0 bridgehead atoms. The lowest BCUT2D eigenvalue weighted by Gasteiger charge is -2.14. The maximum absolute atomic E-state index is 12.7. The standard InChI is InChI=1S/C28H29BrN4O2S/c1-5-14-33-26(16-35-25-13-10-20-8-6-7-9-22(20)19(25)4)31-32-28(33)36-17-27(34)30-24-12-11-21(29)15-23(24)18(2)3/h5-13,15,18H,1,14,16-17H2,2-4H3,(H,30,34). The number of rotatable bonds is 10. The van der Waals surface area contributed by atoms with E-state index in [1.165, 1.54) is 17.1 Å². The Bertz CT molecular complexity index is 1400. The van der Waals surface area contributed by atoms with Crippen LogP contribution in [0.15, 0.2) is 76.9 Å². The average molecular weight is 566 g/mol. The van der Waals surface area contributed by atoms with Crippen molar-refractivity contribution in [2.24, 2.45) is 0 Å². The maximum atomic E-state index is 12.7. The van der Waals surface area contributed by atoms with Crippen LogP contribution in [-0.4, -0.2) is 26.4 Å². The first kappa shape index (κ1) is 26.0. The molecule has 8 heteroatoms. The van der Waals surface area contributed by atoms with Crippen molar-refractivity contribution in [3.63, 3.8) is 0 Å². The van der Waals surface area contributed by atoms with Crippen LogP contribution >= 0.6 is 27.7 Å². The van der Waals surface area contributed by atoms with E-state index in [1.54, 1.807) is 6.08 Å². The number of anilines is 1. The van der Waals surface area contributed by atoms with Gasteiger partial charge in [0.05, 0.1) is 5.75 Å². The van der Waals surface area contributed by atoms with E-state index in [-0.39, 0.29) is 24.2 Å². The molecule has 36 heavy (non-hydrogen) atoms. The van der Waals surface area contributed by atoms with Gasteiger partial charge in [0.2, 0.25) is 5.91 Å². The SMILES string of the molecule is C=CCn1c(COc2ccc3ccccc3c2C)nnc1SCC(=O)Nc1ccc(Br)cc1C(C)C. The van der Waals surface area contributed by atoms with E-state index < -0.39 is 0 Å². The van der Waals surface area contributed by atoms with Crippen LogP contribution in [0.4, 0.5) is 5.69 Å². The number of allylic oxidation sites excluding steroid dienone is 1. The number of fused-ring (bicyclic) bond motifs is 1. The maximum Gasteiger partial charge on any atom is 0.234 e. The van der Waals surface area contributed by atoms with Gasteiger partial charge in [0.25, 0.3) is 0 Å². The second kappa shape index (κ2) is 11.8. The Labute approximate surface area is 224 Å². The lowest BCUT2D eigenvalue weighted by Crippen LogP contribution is -2.16. The number of ether oxygens (including phenoxy) is 1. The minimum absolute atomic E-state index is 0.0954. The van der Waals surface area contributed by atoms with E-state index in [1.807, 2.05) is 41.0 Å². The molecule has 0 aliphatic rings. The van der Waals surface area contributed by atoms with Gasteiger partial charge in [-0.1, -0.05) is 77.9 Å². The molecule has 1 aromatic heterocycles. The summed E-state index contributed by atoms with van der Waals surface area (Å²) in [5.41, 5.74) is 3.00. The van der Waals surface area contributed by atoms with Gasteiger partial charge in [-0.25, -0.2) is 0 Å². The Morgan fingerprint density at radius 3 is 2.78 bits per heavy atom. The van der Waals surface area contributed by atoms with Gasteiger partial charge < -0.3 is 10.1 Å². The molecule has 1 N–H and O–H groups in total. The first-order valence-corrected chi connectivity index (χ1v) is 13.5. The van der Waals surface area contributed by atoms with Gasteiger partial charge in [-0.05, 0) is 59.0 Å². The zero-order valence-electron chi connectivity index (χ0n) is 20.6. The van der Waals surface area contributed by atoms with Crippen molar-refractivity contribution in [1.82, 2.24) is 14.8 Å². The van der Waals surface area contributed by atoms with Crippen LogP contribution in [0.25, 0.3) is 10.8 Å². The van der Waals surface area contributed by atoms with Crippen molar-refractivity contribution in [3.8, 4) is 5.75 Å². The minimum atomic E-state index is -0.0954. The number of aromatic nitrogens is 3. The van der Waals surface area contributed by atoms with Gasteiger partial charge in [0.1, 0.15) is 12.4 Å². The van der Waals surface area contributed by atoms with E-state index in [0.717, 1.165) is 32.4 Å². The van der Waals surface area contributed by atoms with Crippen LogP contribution in [0.1, 0.15) is 36.7 Å². The molecule has 0 fully saturated rings. The predicted molar refractivity (Wildman–Crippen MR) is 151 cm³/mol. The highest BCUT2D eigenvalue weighted by molar-refractivity contribution is 9.10. The van der Waals surface area contributed by atoms with Crippen molar-refractivity contribution in [1.29, 1.82) is 0 Å². The molecular weight excluding hydrogens is 536 g/mol. The minimum Gasteiger partial charge on any atom is -0.485 e. The molecule has 3 aromatic carbocycles. The monoisotopic (exact) mass is 564 g/mol. The van der Waals surface area contributed by atoms with Crippen LogP contribution in [0.5, 0.6) is 5.75 Å². The molecule has 0 atom stereocenters. The fourth-order valence-electron chi connectivity index (χ4n) is 3.99. The molecule has 0 aliphatic carbocycles. The third-order valence-corrected chi connectivity index (χ3v) is 7.31. The largest absolute Gasteiger partial charge is 0.485 e. The first-order chi connectivity index (χ1) is 17.4. The van der Waals surface area contributed by atoms with E-state index in [9.17, 15) is 4.79 Å². The number of amides is 1. The summed E-state index contributed by atoms with van der Waals surface area (Å²) >= 11 is 4.85. The van der Waals surface area contributed by atoms with E-state index in [4.69, 9.17) is 4.74 Å². The number of hydrogen-bond donors (Lipinski definition) is 1. The summed E-state index contributed by atoms with van der Waals surface area (Å²) in [6.45, 7) is 10.9. The summed E-state index contributed by atoms with van der Waals surface area (Å²) in [6.07, 6.45) is 1.79. The van der Waals surface area contributed by atoms with Crippen molar-refractivity contribution in [2.75, 3.05) is 11.1 Å². The van der Waals surface area contributed by atoms with E-state index in [2.05, 4.69) is 77.0 Å². The molecule has 0 saturated heterocycles. The number of halogens is 1. The number of nitrogens with zero attached hydrogens (tertiary/aromatic N) is 3. The molecular formula is C28H29BrN4O2S. The highest BCUT2D eigenvalue weighted by atomic mass is 79.9. The quantitative estimate of drug-likeness (QED) is 0.164. The molecule has 0 radical (unpaired) electrons. The molecule has 0 unspecified atom stereocenters. The predicted octanol–water partition coefficient (Wildman–Crippen LogP) is 7.12. The van der Waals surface area contributed by atoms with Gasteiger partial charge in [-0.2, -0.15) is 0 Å². The second-order valence-electron chi connectivity index (χ2n) is 8.72. The Kier molecular flexibility index (Phi) is 8.48. The molecule has 0 saturated carbocycles. The Hall–Kier alpha value is -3.10. The van der Waals surface area contributed by atoms with Crippen molar-refractivity contribution in [2.45, 2.75) is 45.0 Å².